The van der Waals surface area contributed by atoms with E-state index in [0.29, 0.717) is 51.2 Å². The first-order chi connectivity index (χ1) is 16.0. The lowest BCUT2D eigenvalue weighted by atomic mass is 9.64. The summed E-state index contributed by atoms with van der Waals surface area (Å²) in [5.41, 5.74) is 5.02. The normalized spacial score (nSPS) is 23.6. The third-order valence-electron chi connectivity index (χ3n) is 8.44. The number of rotatable bonds is 10. The molecule has 2 atom stereocenters. The Bertz CT molecular complexity index is 676. The van der Waals surface area contributed by atoms with Crippen LogP contribution in [0.4, 0.5) is 0 Å². The largest absolute Gasteiger partial charge is 0.378 e. The maximum Gasteiger partial charge on any atom is 0.225 e. The van der Waals surface area contributed by atoms with Gasteiger partial charge in [-0.2, -0.15) is 5.26 Å². The van der Waals surface area contributed by atoms with Crippen LogP contribution in [-0.4, -0.2) is 67.0 Å². The Morgan fingerprint density at radius 1 is 1.09 bits per heavy atom. The molecule has 1 aliphatic heterocycles. The van der Waals surface area contributed by atoms with Crippen LogP contribution in [0.5, 0.6) is 0 Å². The summed E-state index contributed by atoms with van der Waals surface area (Å²) < 4.78 is 5.41. The first-order valence-corrected chi connectivity index (χ1v) is 13.3. The maximum atomic E-state index is 13.4. The van der Waals surface area contributed by atoms with Crippen LogP contribution in [0.3, 0.4) is 0 Å². The van der Waals surface area contributed by atoms with E-state index >= 15 is 0 Å². The Labute approximate surface area is 200 Å². The molecule has 2 N–H and O–H groups in total. The summed E-state index contributed by atoms with van der Waals surface area (Å²) in [7, 11) is 0. The highest BCUT2D eigenvalue weighted by atomic mass is 16.5. The first-order valence-electron chi connectivity index (χ1n) is 13.3. The molecule has 3 rings (SSSR count). The number of primary amides is 1. The number of morpholine rings is 1. The molecule has 2 amide bonds. The molecule has 0 bridgehead atoms. The first kappa shape index (κ1) is 26.0. The van der Waals surface area contributed by atoms with Crippen molar-refractivity contribution in [2.75, 3.05) is 39.4 Å². The van der Waals surface area contributed by atoms with Crippen molar-refractivity contribution < 1.29 is 14.3 Å². The predicted octanol–water partition coefficient (Wildman–Crippen LogP) is 3.47. The van der Waals surface area contributed by atoms with Crippen molar-refractivity contribution >= 4 is 11.8 Å². The molecule has 1 heterocycles. The fourth-order valence-electron chi connectivity index (χ4n) is 6.35. The number of hydrogen-bond acceptors (Lipinski definition) is 5. The lowest BCUT2D eigenvalue weighted by Crippen LogP contribution is -2.53. The van der Waals surface area contributed by atoms with E-state index in [4.69, 9.17) is 10.5 Å². The molecule has 7 nitrogen and oxygen atoms in total. The summed E-state index contributed by atoms with van der Waals surface area (Å²) in [4.78, 5) is 30.8. The van der Waals surface area contributed by atoms with Crippen molar-refractivity contribution in [3.63, 3.8) is 0 Å². The lowest BCUT2D eigenvalue weighted by Gasteiger charge is -2.42. The van der Waals surface area contributed by atoms with Gasteiger partial charge in [-0.25, -0.2) is 0 Å². The van der Waals surface area contributed by atoms with E-state index in [0.717, 1.165) is 45.1 Å². The molecule has 33 heavy (non-hydrogen) atoms. The van der Waals surface area contributed by atoms with Crippen LogP contribution in [-0.2, 0) is 14.3 Å². The molecule has 0 spiro atoms. The number of nitriles is 1. The summed E-state index contributed by atoms with van der Waals surface area (Å²) >= 11 is 0. The Hall–Kier alpha value is -1.65. The molecule has 0 radical (unpaired) electrons. The van der Waals surface area contributed by atoms with Crippen molar-refractivity contribution in [2.45, 2.75) is 90.0 Å². The third kappa shape index (κ3) is 6.70. The predicted molar refractivity (Wildman–Crippen MR) is 128 cm³/mol. The van der Waals surface area contributed by atoms with Crippen molar-refractivity contribution in [2.24, 2.45) is 23.0 Å². The fraction of sp³-hybridized carbons (Fsp3) is 0.885. The van der Waals surface area contributed by atoms with Crippen molar-refractivity contribution in [1.29, 1.82) is 5.26 Å². The number of amides is 2. The zero-order valence-electron chi connectivity index (χ0n) is 20.6. The second kappa shape index (κ2) is 12.7. The molecule has 2 saturated carbocycles. The monoisotopic (exact) mass is 460 g/mol. The molecule has 0 aromatic carbocycles. The summed E-state index contributed by atoms with van der Waals surface area (Å²) in [5.74, 6) is -0.761. The van der Waals surface area contributed by atoms with Crippen molar-refractivity contribution in [3.05, 3.63) is 0 Å². The van der Waals surface area contributed by atoms with Gasteiger partial charge in [-0.05, 0) is 31.7 Å². The Morgan fingerprint density at radius 2 is 1.70 bits per heavy atom. The van der Waals surface area contributed by atoms with Crippen LogP contribution < -0.4 is 5.73 Å². The smallest absolute Gasteiger partial charge is 0.225 e. The molecular formula is C26H44N4O3. The van der Waals surface area contributed by atoms with Crippen molar-refractivity contribution in [1.82, 2.24) is 9.80 Å². The summed E-state index contributed by atoms with van der Waals surface area (Å²) in [5, 5.41) is 10.4. The zero-order chi connectivity index (χ0) is 23.7. The second-order valence-corrected chi connectivity index (χ2v) is 10.5. The highest BCUT2D eigenvalue weighted by Gasteiger charge is 2.49. The number of carbonyl (C=O) groups excluding carboxylic acids is 2. The van der Waals surface area contributed by atoms with Gasteiger partial charge in [0.25, 0.3) is 0 Å². The summed E-state index contributed by atoms with van der Waals surface area (Å²) in [6.07, 6.45) is 12.2. The van der Waals surface area contributed by atoms with Gasteiger partial charge in [0.1, 0.15) is 0 Å². The summed E-state index contributed by atoms with van der Waals surface area (Å²) in [6, 6.07) is 2.94. The fourth-order valence-corrected chi connectivity index (χ4v) is 6.35. The Kier molecular flexibility index (Phi) is 10.0. The molecule has 3 fully saturated rings. The average molecular weight is 461 g/mol. The zero-order valence-corrected chi connectivity index (χ0v) is 20.6. The molecule has 186 valence electrons. The number of nitrogens with zero attached hydrogens (tertiary/aromatic N) is 3. The van der Waals surface area contributed by atoms with Crippen LogP contribution >= 0.6 is 0 Å². The molecule has 1 saturated heterocycles. The third-order valence-corrected chi connectivity index (χ3v) is 8.44. The SMILES string of the molecule is CCN(CC(C#N)C(CC(=O)N1CCOCC1)(CC1CCCCC1)C(N)=O)C1CCCCC1. The number of carbonyl (C=O) groups is 2. The quantitative estimate of drug-likeness (QED) is 0.538. The molecule has 0 aromatic rings. The van der Waals surface area contributed by atoms with E-state index < -0.39 is 17.2 Å². The number of nitrogens with two attached hydrogens (primary N) is 1. The molecule has 3 aliphatic rings. The molecular weight excluding hydrogens is 416 g/mol. The maximum absolute atomic E-state index is 13.4. The van der Waals surface area contributed by atoms with Gasteiger partial charge in [0, 0.05) is 32.1 Å². The molecule has 0 aromatic heterocycles. The minimum absolute atomic E-state index is 0.0410. The van der Waals surface area contributed by atoms with Crippen LogP contribution in [0.25, 0.3) is 0 Å². The van der Waals surface area contributed by atoms with Gasteiger partial charge in [0.15, 0.2) is 0 Å². The van der Waals surface area contributed by atoms with E-state index in [1.807, 2.05) is 0 Å². The van der Waals surface area contributed by atoms with Gasteiger partial charge in [-0.3, -0.25) is 14.5 Å². The van der Waals surface area contributed by atoms with Crippen LogP contribution in [0.2, 0.25) is 0 Å². The Morgan fingerprint density at radius 3 is 2.24 bits per heavy atom. The van der Waals surface area contributed by atoms with Crippen LogP contribution in [0, 0.1) is 28.6 Å². The van der Waals surface area contributed by atoms with E-state index in [1.165, 1.54) is 25.7 Å². The van der Waals surface area contributed by atoms with E-state index in [-0.39, 0.29) is 12.3 Å². The highest BCUT2D eigenvalue weighted by molar-refractivity contribution is 5.88. The second-order valence-electron chi connectivity index (χ2n) is 10.5. The van der Waals surface area contributed by atoms with E-state index in [9.17, 15) is 14.9 Å². The standard InChI is InChI=1S/C26H44N4O3/c1-2-29(23-11-7-4-8-12-23)20-22(19-27)26(25(28)32,17-21-9-5-3-6-10-21)18-24(31)30-13-15-33-16-14-30/h21-23H,2-18,20H2,1H3,(H2,28,32). The van der Waals surface area contributed by atoms with E-state index in [1.54, 1.807) is 4.90 Å². The van der Waals surface area contributed by atoms with Crippen LogP contribution in [0.1, 0.15) is 84.0 Å². The number of hydrogen-bond donors (Lipinski definition) is 1. The van der Waals surface area contributed by atoms with Crippen molar-refractivity contribution in [3.8, 4) is 6.07 Å². The molecule has 7 heteroatoms. The van der Waals surface area contributed by atoms with Crippen LogP contribution in [0.15, 0.2) is 0 Å². The summed E-state index contributed by atoms with van der Waals surface area (Å²) in [6.45, 7) is 5.61. The minimum Gasteiger partial charge on any atom is -0.378 e. The molecule has 2 aliphatic carbocycles. The van der Waals surface area contributed by atoms with E-state index in [2.05, 4.69) is 17.9 Å². The molecule has 2 unspecified atom stereocenters. The van der Waals surface area contributed by atoms with Gasteiger partial charge < -0.3 is 15.4 Å². The van der Waals surface area contributed by atoms with Gasteiger partial charge in [-0.1, -0.05) is 58.3 Å². The lowest BCUT2D eigenvalue weighted by molar-refractivity contribution is -0.146. The highest BCUT2D eigenvalue weighted by Crippen LogP contribution is 2.43. The van der Waals surface area contributed by atoms with Gasteiger partial charge in [0.05, 0.1) is 30.6 Å². The Balaban J connectivity index is 1.86. The topological polar surface area (TPSA) is 99.7 Å². The van der Waals surface area contributed by atoms with Gasteiger partial charge in [0.2, 0.25) is 11.8 Å². The number of ether oxygens (including phenoxy) is 1. The van der Waals surface area contributed by atoms with Gasteiger partial charge >= 0.3 is 0 Å². The van der Waals surface area contributed by atoms with Gasteiger partial charge in [-0.15, -0.1) is 0 Å². The average Bonchev–Trinajstić information content (AvgIpc) is 2.86. The minimum atomic E-state index is -1.12.